The molecule has 0 unspecified atom stereocenters. The summed E-state index contributed by atoms with van der Waals surface area (Å²) >= 11 is 0. The Kier molecular flexibility index (Phi) is 7.12. The van der Waals surface area contributed by atoms with Crippen LogP contribution in [0.1, 0.15) is 43.5 Å². The van der Waals surface area contributed by atoms with Crippen LogP contribution in [0.4, 0.5) is 5.69 Å². The molecule has 1 aliphatic rings. The number of hydrogen-bond acceptors (Lipinski definition) is 4. The number of carbonyl (C=O) groups is 2. The summed E-state index contributed by atoms with van der Waals surface area (Å²) in [5, 5.41) is 2.71. The zero-order valence-electron chi connectivity index (χ0n) is 18.1. The molecule has 2 aromatic carbocycles. The molecule has 0 spiro atoms. The lowest BCUT2D eigenvalue weighted by Gasteiger charge is -2.37. The number of nitrogens with one attached hydrogen (secondary N) is 1. The van der Waals surface area contributed by atoms with Crippen LogP contribution in [-0.4, -0.2) is 55.1 Å². The predicted molar refractivity (Wildman–Crippen MR) is 120 cm³/mol. The Morgan fingerprint density at radius 2 is 1.58 bits per heavy atom. The molecule has 2 amide bonds. The topological polar surface area (TPSA) is 86.8 Å². The van der Waals surface area contributed by atoms with E-state index in [2.05, 4.69) is 5.32 Å². The molecule has 0 radical (unpaired) electrons. The number of rotatable bonds is 6. The van der Waals surface area contributed by atoms with Crippen LogP contribution in [0, 0.1) is 0 Å². The summed E-state index contributed by atoms with van der Waals surface area (Å²) in [6.45, 7) is 3.76. The van der Waals surface area contributed by atoms with Gasteiger partial charge < -0.3 is 10.2 Å². The Morgan fingerprint density at radius 1 is 1.00 bits per heavy atom. The molecule has 3 rings (SSSR count). The van der Waals surface area contributed by atoms with Gasteiger partial charge in [0.15, 0.2) is 0 Å². The van der Waals surface area contributed by atoms with Gasteiger partial charge in [-0.2, -0.15) is 4.31 Å². The number of amides is 2. The van der Waals surface area contributed by atoms with Crippen molar-refractivity contribution in [3.8, 4) is 0 Å². The van der Waals surface area contributed by atoms with Crippen LogP contribution < -0.4 is 5.32 Å². The highest BCUT2D eigenvalue weighted by Gasteiger charge is 2.35. The van der Waals surface area contributed by atoms with Crippen molar-refractivity contribution in [1.82, 2.24) is 9.21 Å². The summed E-state index contributed by atoms with van der Waals surface area (Å²) in [4.78, 5) is 26.3. The largest absolute Gasteiger partial charge is 0.332 e. The van der Waals surface area contributed by atoms with Gasteiger partial charge in [0, 0.05) is 30.4 Å². The average Bonchev–Trinajstić information content (AvgIpc) is 2.73. The highest BCUT2D eigenvalue weighted by Crippen LogP contribution is 2.29. The molecule has 1 heterocycles. The fourth-order valence-corrected chi connectivity index (χ4v) is 5.87. The predicted octanol–water partition coefficient (Wildman–Crippen LogP) is 3.35. The molecule has 2 aromatic rings. The third-order valence-electron chi connectivity index (χ3n) is 5.57. The number of hydrogen-bond donors (Lipinski definition) is 1. The first-order valence-electron chi connectivity index (χ1n) is 10.4. The van der Waals surface area contributed by atoms with Crippen molar-refractivity contribution in [3.05, 3.63) is 60.2 Å². The van der Waals surface area contributed by atoms with E-state index in [1.807, 2.05) is 19.9 Å². The van der Waals surface area contributed by atoms with Gasteiger partial charge in [0.2, 0.25) is 15.9 Å². The van der Waals surface area contributed by atoms with Crippen molar-refractivity contribution in [2.24, 2.45) is 0 Å². The lowest BCUT2D eigenvalue weighted by atomic mass is 10.0. The molecule has 1 N–H and O–H groups in total. The summed E-state index contributed by atoms with van der Waals surface area (Å²) in [5.41, 5.74) is 0.984. The number of nitrogens with zero attached hydrogens (tertiary/aromatic N) is 2. The van der Waals surface area contributed by atoms with Crippen molar-refractivity contribution in [3.63, 3.8) is 0 Å². The SMILES string of the molecule is C[C@@H]1CCC[C@@H](C)N1S(=O)(=O)c1ccc(NC(=O)CN(C)C(=O)c2ccccc2)cc1. The van der Waals surface area contributed by atoms with E-state index in [0.717, 1.165) is 19.3 Å². The third-order valence-corrected chi connectivity index (χ3v) is 7.72. The van der Waals surface area contributed by atoms with Crippen LogP contribution >= 0.6 is 0 Å². The number of anilines is 1. The van der Waals surface area contributed by atoms with Crippen LogP contribution in [0.5, 0.6) is 0 Å². The Morgan fingerprint density at radius 3 is 2.16 bits per heavy atom. The normalized spacial score (nSPS) is 19.6. The van der Waals surface area contributed by atoms with Gasteiger partial charge in [-0.15, -0.1) is 0 Å². The standard InChI is InChI=1S/C23H29N3O4S/c1-17-8-7-9-18(2)26(17)31(29,30)21-14-12-20(13-15-21)24-22(27)16-25(3)23(28)19-10-5-4-6-11-19/h4-6,10-15,17-18H,7-9,16H2,1-3H3,(H,24,27)/t17-,18-/m1/s1. The molecule has 7 nitrogen and oxygen atoms in total. The number of sulfonamides is 1. The highest BCUT2D eigenvalue weighted by atomic mass is 32.2. The maximum absolute atomic E-state index is 13.1. The van der Waals surface area contributed by atoms with E-state index in [0.29, 0.717) is 11.3 Å². The molecule has 0 aromatic heterocycles. The van der Waals surface area contributed by atoms with E-state index in [9.17, 15) is 18.0 Å². The average molecular weight is 444 g/mol. The monoisotopic (exact) mass is 443 g/mol. The highest BCUT2D eigenvalue weighted by molar-refractivity contribution is 7.89. The molecule has 0 bridgehead atoms. The Hall–Kier alpha value is -2.71. The third kappa shape index (κ3) is 5.32. The van der Waals surface area contributed by atoms with E-state index >= 15 is 0 Å². The van der Waals surface area contributed by atoms with E-state index < -0.39 is 10.0 Å². The molecular formula is C23H29N3O4S. The number of likely N-dealkylation sites (N-methyl/N-ethyl adjacent to an activating group) is 1. The van der Waals surface area contributed by atoms with Gasteiger partial charge >= 0.3 is 0 Å². The summed E-state index contributed by atoms with van der Waals surface area (Å²) in [6.07, 6.45) is 2.74. The minimum absolute atomic E-state index is 0.0363. The number of piperidine rings is 1. The van der Waals surface area contributed by atoms with Crippen molar-refractivity contribution >= 4 is 27.5 Å². The fourth-order valence-electron chi connectivity index (χ4n) is 3.99. The van der Waals surface area contributed by atoms with Gasteiger partial charge in [-0.1, -0.05) is 24.6 Å². The second kappa shape index (κ2) is 9.62. The summed E-state index contributed by atoms with van der Waals surface area (Å²) in [5.74, 6) is -0.609. The van der Waals surface area contributed by atoms with Crippen molar-refractivity contribution < 1.29 is 18.0 Å². The minimum Gasteiger partial charge on any atom is -0.332 e. The Balaban J connectivity index is 1.63. The van der Waals surface area contributed by atoms with Crippen molar-refractivity contribution in [2.75, 3.05) is 18.9 Å². The molecular weight excluding hydrogens is 414 g/mol. The lowest BCUT2D eigenvalue weighted by molar-refractivity contribution is -0.116. The molecule has 0 aliphatic carbocycles. The van der Waals surface area contributed by atoms with Crippen LogP contribution in [0.25, 0.3) is 0 Å². The minimum atomic E-state index is -3.60. The van der Waals surface area contributed by atoms with Crippen LogP contribution in [-0.2, 0) is 14.8 Å². The molecule has 31 heavy (non-hydrogen) atoms. The smallest absolute Gasteiger partial charge is 0.254 e. The van der Waals surface area contributed by atoms with E-state index in [1.54, 1.807) is 47.8 Å². The molecule has 166 valence electrons. The van der Waals surface area contributed by atoms with Gasteiger partial charge in [-0.05, 0) is 63.1 Å². The fraction of sp³-hybridized carbons (Fsp3) is 0.391. The molecule has 2 atom stereocenters. The second-order valence-corrected chi connectivity index (χ2v) is 9.91. The van der Waals surface area contributed by atoms with Gasteiger partial charge in [0.25, 0.3) is 5.91 Å². The first-order chi connectivity index (χ1) is 14.7. The Labute approximate surface area is 184 Å². The molecule has 1 aliphatic heterocycles. The van der Waals surface area contributed by atoms with Gasteiger partial charge in [-0.3, -0.25) is 9.59 Å². The van der Waals surface area contributed by atoms with Crippen LogP contribution in [0.2, 0.25) is 0 Å². The first kappa shape index (κ1) is 23.0. The van der Waals surface area contributed by atoms with E-state index in [1.165, 1.54) is 17.0 Å². The quantitative estimate of drug-likeness (QED) is 0.742. The van der Waals surface area contributed by atoms with Crippen molar-refractivity contribution in [1.29, 1.82) is 0 Å². The first-order valence-corrected chi connectivity index (χ1v) is 11.9. The lowest BCUT2D eigenvalue weighted by Crippen LogP contribution is -2.47. The summed E-state index contributed by atoms with van der Waals surface area (Å²) < 4.78 is 27.8. The number of carbonyl (C=O) groups excluding carboxylic acids is 2. The van der Waals surface area contributed by atoms with Gasteiger partial charge in [0.1, 0.15) is 0 Å². The Bertz CT molecular complexity index is 1010. The maximum atomic E-state index is 13.1. The zero-order chi connectivity index (χ0) is 22.6. The summed E-state index contributed by atoms with van der Waals surface area (Å²) in [6, 6.07) is 14.8. The zero-order valence-corrected chi connectivity index (χ0v) is 18.9. The molecule has 1 fully saturated rings. The van der Waals surface area contributed by atoms with Gasteiger partial charge in [-0.25, -0.2) is 8.42 Å². The molecule has 8 heteroatoms. The van der Waals surface area contributed by atoms with E-state index in [-0.39, 0.29) is 35.3 Å². The molecule has 0 saturated carbocycles. The van der Waals surface area contributed by atoms with Crippen molar-refractivity contribution in [2.45, 2.75) is 50.1 Å². The summed E-state index contributed by atoms with van der Waals surface area (Å²) in [7, 11) is -2.04. The van der Waals surface area contributed by atoms with E-state index in [4.69, 9.17) is 0 Å². The van der Waals surface area contributed by atoms with Crippen LogP contribution in [0.3, 0.4) is 0 Å². The van der Waals surface area contributed by atoms with Crippen LogP contribution in [0.15, 0.2) is 59.5 Å². The second-order valence-electron chi connectivity index (χ2n) is 8.06. The molecule has 1 saturated heterocycles. The maximum Gasteiger partial charge on any atom is 0.254 e. The number of benzene rings is 2. The van der Waals surface area contributed by atoms with Gasteiger partial charge in [0.05, 0.1) is 11.4 Å².